The second-order valence-corrected chi connectivity index (χ2v) is 6.82. The monoisotopic (exact) mass is 518 g/mol. The molecule has 2 N–H and O–H groups in total. The molecule has 164 valence electrons. The highest BCUT2D eigenvalue weighted by Gasteiger charge is 2.23. The van der Waals surface area contributed by atoms with Crippen LogP contribution in [0, 0.1) is 0 Å². The van der Waals surface area contributed by atoms with Gasteiger partial charge in [-0.1, -0.05) is 12.1 Å². The summed E-state index contributed by atoms with van der Waals surface area (Å²) in [4.78, 5) is 18.3. The van der Waals surface area contributed by atoms with Gasteiger partial charge < -0.3 is 25.0 Å². The number of piperidine rings is 1. The summed E-state index contributed by atoms with van der Waals surface area (Å²) >= 11 is 0. The number of aryl methyl sites for hydroxylation is 1. The Hall–Kier alpha value is -1.71. The second kappa shape index (κ2) is 14.3. The van der Waals surface area contributed by atoms with Gasteiger partial charge in [-0.25, -0.2) is 4.79 Å². The van der Waals surface area contributed by atoms with Gasteiger partial charge in [-0.2, -0.15) is 0 Å². The Kier molecular flexibility index (Phi) is 12.5. The Morgan fingerprint density at radius 3 is 2.48 bits per heavy atom. The van der Waals surface area contributed by atoms with E-state index in [0.717, 1.165) is 50.5 Å². The number of benzene rings is 1. The maximum atomic E-state index is 11.8. The van der Waals surface area contributed by atoms with Gasteiger partial charge in [0.1, 0.15) is 5.75 Å². The zero-order valence-corrected chi connectivity index (χ0v) is 20.1. The average Bonchev–Trinajstić information content (AvgIpc) is 2.72. The molecule has 1 aliphatic heterocycles. The van der Waals surface area contributed by atoms with Crippen molar-refractivity contribution in [2.24, 2.45) is 4.99 Å². The molecule has 7 nitrogen and oxygen atoms in total. The van der Waals surface area contributed by atoms with Crippen LogP contribution in [0.5, 0.6) is 5.75 Å². The van der Waals surface area contributed by atoms with Gasteiger partial charge >= 0.3 is 6.09 Å². The lowest BCUT2D eigenvalue weighted by atomic mass is 10.1. The predicted molar refractivity (Wildman–Crippen MR) is 127 cm³/mol. The maximum Gasteiger partial charge on any atom is 0.409 e. The molecule has 1 heterocycles. The summed E-state index contributed by atoms with van der Waals surface area (Å²) in [6, 6.07) is 8.51. The lowest BCUT2D eigenvalue weighted by Gasteiger charge is -2.32. The van der Waals surface area contributed by atoms with Crippen molar-refractivity contribution >= 4 is 36.0 Å². The van der Waals surface area contributed by atoms with E-state index in [0.29, 0.717) is 25.7 Å². The van der Waals surface area contributed by atoms with Crippen LogP contribution in [0.1, 0.15) is 38.7 Å². The Labute approximate surface area is 191 Å². The van der Waals surface area contributed by atoms with Crippen LogP contribution in [0.3, 0.4) is 0 Å². The van der Waals surface area contributed by atoms with Crippen molar-refractivity contribution in [3.63, 3.8) is 0 Å². The SMILES string of the molecule is CCNC(=NCCCc1ccc(OC)cc1)NC1CCN(C(=O)OCC)CC1.I. The first-order chi connectivity index (χ1) is 13.7. The van der Waals surface area contributed by atoms with Crippen LogP contribution in [0.2, 0.25) is 0 Å². The maximum absolute atomic E-state index is 11.8. The van der Waals surface area contributed by atoms with E-state index in [2.05, 4.69) is 29.7 Å². The van der Waals surface area contributed by atoms with E-state index in [1.165, 1.54) is 5.56 Å². The molecule has 0 saturated carbocycles. The number of aliphatic imine (C=N–C) groups is 1. The fourth-order valence-corrected chi connectivity index (χ4v) is 3.20. The second-order valence-electron chi connectivity index (χ2n) is 6.82. The average molecular weight is 518 g/mol. The molecular formula is C21H35IN4O3. The van der Waals surface area contributed by atoms with Crippen molar-refractivity contribution < 1.29 is 14.3 Å². The summed E-state index contributed by atoms with van der Waals surface area (Å²) < 4.78 is 10.3. The topological polar surface area (TPSA) is 75.2 Å². The van der Waals surface area contributed by atoms with Crippen LogP contribution in [-0.4, -0.2) is 62.9 Å². The van der Waals surface area contributed by atoms with Gasteiger partial charge in [-0.05, 0) is 57.2 Å². The molecule has 1 aromatic carbocycles. The molecule has 1 aliphatic rings. The minimum atomic E-state index is -0.208. The molecule has 1 aromatic rings. The van der Waals surface area contributed by atoms with Crippen molar-refractivity contribution in [3.8, 4) is 5.75 Å². The van der Waals surface area contributed by atoms with Crippen LogP contribution >= 0.6 is 24.0 Å². The zero-order valence-electron chi connectivity index (χ0n) is 17.8. The number of nitrogens with one attached hydrogen (secondary N) is 2. The molecule has 1 amide bonds. The number of likely N-dealkylation sites (tertiary alicyclic amines) is 1. The van der Waals surface area contributed by atoms with E-state index in [9.17, 15) is 4.79 Å². The quantitative estimate of drug-likeness (QED) is 0.239. The standard InChI is InChI=1S/C21H34N4O3.HI/c1-4-22-20(23-14-6-7-17-8-10-19(27-3)11-9-17)24-18-12-15-25(16-13-18)21(26)28-5-2;/h8-11,18H,4-7,12-16H2,1-3H3,(H2,22,23,24);1H. The van der Waals surface area contributed by atoms with Gasteiger partial charge in [-0.15, -0.1) is 24.0 Å². The van der Waals surface area contributed by atoms with Gasteiger partial charge in [0.25, 0.3) is 0 Å². The van der Waals surface area contributed by atoms with Crippen LogP contribution in [0.15, 0.2) is 29.3 Å². The van der Waals surface area contributed by atoms with Gasteiger partial charge in [0, 0.05) is 32.2 Å². The van der Waals surface area contributed by atoms with E-state index in [4.69, 9.17) is 14.5 Å². The fraction of sp³-hybridized carbons (Fsp3) is 0.619. The minimum Gasteiger partial charge on any atom is -0.497 e. The largest absolute Gasteiger partial charge is 0.497 e. The number of hydrogen-bond donors (Lipinski definition) is 2. The molecule has 2 rings (SSSR count). The predicted octanol–water partition coefficient (Wildman–Crippen LogP) is 3.42. The number of hydrogen-bond acceptors (Lipinski definition) is 4. The van der Waals surface area contributed by atoms with E-state index < -0.39 is 0 Å². The molecule has 8 heteroatoms. The van der Waals surface area contributed by atoms with E-state index >= 15 is 0 Å². The zero-order chi connectivity index (χ0) is 20.2. The Bertz CT molecular complexity index is 617. The third-order valence-corrected chi connectivity index (χ3v) is 4.76. The van der Waals surface area contributed by atoms with Crippen molar-refractivity contribution in [2.45, 2.75) is 45.6 Å². The smallest absolute Gasteiger partial charge is 0.409 e. The first kappa shape index (κ1) is 25.3. The third kappa shape index (κ3) is 9.10. The summed E-state index contributed by atoms with van der Waals surface area (Å²) in [6.07, 6.45) is 3.57. The molecule has 29 heavy (non-hydrogen) atoms. The number of halogens is 1. The van der Waals surface area contributed by atoms with Gasteiger partial charge in [0.15, 0.2) is 5.96 Å². The molecule has 0 radical (unpaired) electrons. The Balaban J connectivity index is 0.00000420. The lowest BCUT2D eigenvalue weighted by molar-refractivity contribution is 0.0963. The number of carbonyl (C=O) groups is 1. The molecule has 0 aromatic heterocycles. The fourth-order valence-electron chi connectivity index (χ4n) is 3.20. The van der Waals surface area contributed by atoms with Crippen LogP contribution in [-0.2, 0) is 11.2 Å². The molecule has 0 spiro atoms. The normalized spacial score (nSPS) is 14.7. The third-order valence-electron chi connectivity index (χ3n) is 4.76. The van der Waals surface area contributed by atoms with E-state index in [1.807, 2.05) is 19.1 Å². The number of carbonyl (C=O) groups excluding carboxylic acids is 1. The van der Waals surface area contributed by atoms with Crippen LogP contribution < -0.4 is 15.4 Å². The first-order valence-electron chi connectivity index (χ1n) is 10.3. The summed E-state index contributed by atoms with van der Waals surface area (Å²) in [5.74, 6) is 1.74. The number of rotatable bonds is 8. The summed E-state index contributed by atoms with van der Waals surface area (Å²) in [6.45, 7) is 7.35. The van der Waals surface area contributed by atoms with E-state index in [-0.39, 0.29) is 30.1 Å². The van der Waals surface area contributed by atoms with Crippen molar-refractivity contribution in [3.05, 3.63) is 29.8 Å². The summed E-state index contributed by atoms with van der Waals surface area (Å²) in [7, 11) is 1.68. The number of ether oxygens (including phenoxy) is 2. The molecule has 1 fully saturated rings. The summed E-state index contributed by atoms with van der Waals surface area (Å²) in [5.41, 5.74) is 1.29. The van der Waals surface area contributed by atoms with Crippen molar-refractivity contribution in [2.75, 3.05) is 39.9 Å². The van der Waals surface area contributed by atoms with Crippen LogP contribution in [0.4, 0.5) is 4.79 Å². The Morgan fingerprint density at radius 2 is 1.90 bits per heavy atom. The number of nitrogens with zero attached hydrogens (tertiary/aromatic N) is 2. The highest BCUT2D eigenvalue weighted by atomic mass is 127. The molecule has 1 saturated heterocycles. The highest BCUT2D eigenvalue weighted by Crippen LogP contribution is 2.13. The molecule has 0 aliphatic carbocycles. The van der Waals surface area contributed by atoms with Gasteiger partial charge in [-0.3, -0.25) is 4.99 Å². The minimum absolute atomic E-state index is 0. The molecule has 0 unspecified atom stereocenters. The molecular weight excluding hydrogens is 483 g/mol. The molecule has 0 bridgehead atoms. The van der Waals surface area contributed by atoms with Gasteiger partial charge in [0.2, 0.25) is 0 Å². The number of methoxy groups -OCH3 is 1. The van der Waals surface area contributed by atoms with Crippen LogP contribution in [0.25, 0.3) is 0 Å². The van der Waals surface area contributed by atoms with Crippen molar-refractivity contribution in [1.82, 2.24) is 15.5 Å². The van der Waals surface area contributed by atoms with Gasteiger partial charge in [0.05, 0.1) is 13.7 Å². The van der Waals surface area contributed by atoms with E-state index in [1.54, 1.807) is 12.0 Å². The number of guanidine groups is 1. The number of amides is 1. The lowest BCUT2D eigenvalue weighted by Crippen LogP contribution is -2.49. The highest BCUT2D eigenvalue weighted by molar-refractivity contribution is 14.0. The Morgan fingerprint density at radius 1 is 1.21 bits per heavy atom. The first-order valence-corrected chi connectivity index (χ1v) is 10.3. The van der Waals surface area contributed by atoms with Crippen molar-refractivity contribution in [1.29, 1.82) is 0 Å². The molecule has 0 atom stereocenters. The summed E-state index contributed by atoms with van der Waals surface area (Å²) in [5, 5.41) is 6.82.